The number of carbonyl (C=O) groups is 1. The summed E-state index contributed by atoms with van der Waals surface area (Å²) in [5, 5.41) is 9.58. The van der Waals surface area contributed by atoms with Gasteiger partial charge in [0.15, 0.2) is 11.0 Å². The summed E-state index contributed by atoms with van der Waals surface area (Å²) in [5.74, 6) is 1.77. The highest BCUT2D eigenvalue weighted by Gasteiger charge is 2.28. The Morgan fingerprint density at radius 3 is 2.24 bits per heavy atom. The van der Waals surface area contributed by atoms with Gasteiger partial charge in [-0.2, -0.15) is 0 Å². The van der Waals surface area contributed by atoms with Crippen LogP contribution >= 0.6 is 23.5 Å². The Bertz CT molecular complexity index is 1290. The molecule has 0 spiro atoms. The molecule has 5 rings (SSSR count). The Balaban J connectivity index is 1.42. The Morgan fingerprint density at radius 1 is 0.912 bits per heavy atom. The number of hydrogen-bond acceptors (Lipinski definition) is 6. The summed E-state index contributed by atoms with van der Waals surface area (Å²) < 4.78 is 7.83. The zero-order valence-corrected chi connectivity index (χ0v) is 20.6. The van der Waals surface area contributed by atoms with Crippen LogP contribution < -0.4 is 9.64 Å². The number of fused-ring (bicyclic) bond motifs is 2. The van der Waals surface area contributed by atoms with Crippen LogP contribution in [-0.4, -0.2) is 33.0 Å². The lowest BCUT2D eigenvalue weighted by Crippen LogP contribution is -2.30. The first-order valence-electron chi connectivity index (χ1n) is 11.2. The molecule has 0 fully saturated rings. The number of hydrogen-bond donors (Lipinski definition) is 0. The first kappa shape index (κ1) is 22.6. The quantitative estimate of drug-likeness (QED) is 0.285. The Labute approximate surface area is 207 Å². The van der Waals surface area contributed by atoms with E-state index in [2.05, 4.69) is 29.3 Å². The lowest BCUT2D eigenvalue weighted by Gasteiger charge is -2.30. The second kappa shape index (κ2) is 9.95. The molecule has 0 saturated heterocycles. The largest absolute Gasteiger partial charge is 0.493 e. The van der Waals surface area contributed by atoms with Crippen LogP contribution in [0.3, 0.4) is 0 Å². The third kappa shape index (κ3) is 4.19. The summed E-state index contributed by atoms with van der Waals surface area (Å²) in [7, 11) is 0. The van der Waals surface area contributed by atoms with Gasteiger partial charge in [-0.15, -0.1) is 10.2 Å². The molecule has 34 heavy (non-hydrogen) atoms. The predicted molar refractivity (Wildman–Crippen MR) is 137 cm³/mol. The topological polar surface area (TPSA) is 60.3 Å². The van der Waals surface area contributed by atoms with E-state index in [1.807, 2.05) is 77.1 Å². The number of amides is 1. The second-order valence-electron chi connectivity index (χ2n) is 7.53. The van der Waals surface area contributed by atoms with Gasteiger partial charge in [0.25, 0.3) is 0 Å². The molecule has 0 unspecified atom stereocenters. The Hall–Kier alpha value is -3.23. The average Bonchev–Trinajstić information content (AvgIpc) is 3.29. The van der Waals surface area contributed by atoms with Crippen molar-refractivity contribution in [3.05, 3.63) is 72.8 Å². The maximum atomic E-state index is 13.5. The summed E-state index contributed by atoms with van der Waals surface area (Å²) in [6.07, 6.45) is 0. The van der Waals surface area contributed by atoms with Crippen molar-refractivity contribution < 1.29 is 9.53 Å². The van der Waals surface area contributed by atoms with Crippen LogP contribution in [0.5, 0.6) is 5.75 Å². The fourth-order valence-electron chi connectivity index (χ4n) is 3.98. The smallest absolute Gasteiger partial charge is 0.242 e. The Morgan fingerprint density at radius 2 is 1.56 bits per heavy atom. The molecule has 0 radical (unpaired) electrons. The number of nitrogens with zero attached hydrogens (tertiary/aromatic N) is 4. The van der Waals surface area contributed by atoms with Gasteiger partial charge in [0.05, 0.1) is 29.3 Å². The third-order valence-electron chi connectivity index (χ3n) is 5.47. The molecule has 0 N–H and O–H groups in total. The molecule has 0 aliphatic carbocycles. The number of thioether (sulfide) groups is 1. The number of rotatable bonds is 7. The van der Waals surface area contributed by atoms with Crippen molar-refractivity contribution in [1.82, 2.24) is 14.8 Å². The molecule has 1 amide bonds. The van der Waals surface area contributed by atoms with E-state index in [0.717, 1.165) is 38.3 Å². The molecule has 1 aliphatic heterocycles. The normalized spacial score (nSPS) is 12.2. The lowest BCUT2D eigenvalue weighted by atomic mass is 10.2. The number of aromatic nitrogens is 3. The molecule has 0 atom stereocenters. The van der Waals surface area contributed by atoms with Gasteiger partial charge in [-0.3, -0.25) is 9.69 Å². The highest BCUT2D eigenvalue weighted by molar-refractivity contribution is 8.00. The highest BCUT2D eigenvalue weighted by Crippen LogP contribution is 2.48. The SMILES string of the molecule is CCOc1ccccc1-c1nnc(SCC(=O)N2c3ccccc3Sc3ccccc32)n1CC. The van der Waals surface area contributed by atoms with Crippen LogP contribution in [0.15, 0.2) is 87.7 Å². The maximum Gasteiger partial charge on any atom is 0.242 e. The van der Waals surface area contributed by atoms with Gasteiger partial charge in [0.2, 0.25) is 5.91 Å². The van der Waals surface area contributed by atoms with Gasteiger partial charge < -0.3 is 9.30 Å². The van der Waals surface area contributed by atoms with Crippen LogP contribution in [0.2, 0.25) is 0 Å². The van der Waals surface area contributed by atoms with Crippen molar-refractivity contribution in [2.45, 2.75) is 35.3 Å². The van der Waals surface area contributed by atoms with Crippen LogP contribution in [0.1, 0.15) is 13.8 Å². The lowest BCUT2D eigenvalue weighted by molar-refractivity contribution is -0.115. The zero-order valence-electron chi connectivity index (χ0n) is 19.0. The monoisotopic (exact) mass is 488 g/mol. The second-order valence-corrected chi connectivity index (χ2v) is 9.56. The first-order chi connectivity index (χ1) is 16.7. The third-order valence-corrected chi connectivity index (χ3v) is 7.55. The molecule has 8 heteroatoms. The molecule has 1 aliphatic rings. The van der Waals surface area contributed by atoms with Crippen molar-refractivity contribution in [1.29, 1.82) is 0 Å². The van der Waals surface area contributed by atoms with Gasteiger partial charge in [-0.1, -0.05) is 59.9 Å². The van der Waals surface area contributed by atoms with Crippen LogP contribution in [0.25, 0.3) is 11.4 Å². The summed E-state index contributed by atoms with van der Waals surface area (Å²) in [5.41, 5.74) is 2.73. The van der Waals surface area contributed by atoms with Gasteiger partial charge in [0.1, 0.15) is 5.75 Å². The predicted octanol–water partition coefficient (Wildman–Crippen LogP) is 6.29. The molecule has 3 aromatic carbocycles. The van der Waals surface area contributed by atoms with E-state index in [9.17, 15) is 4.79 Å². The van der Waals surface area contributed by atoms with E-state index >= 15 is 0 Å². The molecule has 0 bridgehead atoms. The van der Waals surface area contributed by atoms with Gasteiger partial charge >= 0.3 is 0 Å². The molecule has 6 nitrogen and oxygen atoms in total. The van der Waals surface area contributed by atoms with Crippen molar-refractivity contribution in [3.8, 4) is 17.1 Å². The molecule has 4 aromatic rings. The van der Waals surface area contributed by atoms with E-state index < -0.39 is 0 Å². The first-order valence-corrected chi connectivity index (χ1v) is 13.0. The van der Waals surface area contributed by atoms with Crippen molar-refractivity contribution in [3.63, 3.8) is 0 Å². The summed E-state index contributed by atoms with van der Waals surface area (Å²) >= 11 is 3.10. The fourth-order valence-corrected chi connectivity index (χ4v) is 5.89. The molecule has 172 valence electrons. The zero-order chi connectivity index (χ0) is 23.5. The van der Waals surface area contributed by atoms with Crippen LogP contribution in [0, 0.1) is 0 Å². The van der Waals surface area contributed by atoms with Gasteiger partial charge in [0, 0.05) is 16.3 Å². The number of ether oxygens (including phenoxy) is 1. The minimum atomic E-state index is 0.00659. The van der Waals surface area contributed by atoms with Crippen LogP contribution in [-0.2, 0) is 11.3 Å². The Kier molecular flexibility index (Phi) is 6.60. The maximum absolute atomic E-state index is 13.5. The van der Waals surface area contributed by atoms with E-state index in [1.54, 1.807) is 11.8 Å². The molecular formula is C26H24N4O2S2. The highest BCUT2D eigenvalue weighted by atomic mass is 32.2. The minimum absolute atomic E-state index is 0.00659. The van der Waals surface area contributed by atoms with E-state index in [0.29, 0.717) is 18.3 Å². The number of para-hydroxylation sites is 3. The van der Waals surface area contributed by atoms with Crippen molar-refractivity contribution in [2.75, 3.05) is 17.3 Å². The molecule has 1 aromatic heterocycles. The van der Waals surface area contributed by atoms with E-state index in [1.165, 1.54) is 11.8 Å². The average molecular weight is 489 g/mol. The molecule has 2 heterocycles. The van der Waals surface area contributed by atoms with Crippen molar-refractivity contribution in [2.24, 2.45) is 0 Å². The van der Waals surface area contributed by atoms with Gasteiger partial charge in [-0.25, -0.2) is 0 Å². The number of anilines is 2. The van der Waals surface area contributed by atoms with Crippen LogP contribution in [0.4, 0.5) is 11.4 Å². The molecular weight excluding hydrogens is 464 g/mol. The van der Waals surface area contributed by atoms with E-state index in [4.69, 9.17) is 4.74 Å². The minimum Gasteiger partial charge on any atom is -0.493 e. The summed E-state index contributed by atoms with van der Waals surface area (Å²) in [6, 6.07) is 23.9. The summed E-state index contributed by atoms with van der Waals surface area (Å²) in [4.78, 5) is 17.5. The standard InChI is InChI=1S/C26H24N4O2S2/c1-3-29-25(18-11-5-8-14-21(18)32-4-2)27-28-26(29)33-17-24(31)30-19-12-6-9-15-22(19)34-23-16-10-7-13-20(23)30/h5-16H,3-4,17H2,1-2H3. The van der Waals surface area contributed by atoms with Gasteiger partial charge in [-0.05, 0) is 50.2 Å². The van der Waals surface area contributed by atoms with Crippen molar-refractivity contribution >= 4 is 40.8 Å². The fraction of sp³-hybridized carbons (Fsp3) is 0.192. The summed E-state index contributed by atoms with van der Waals surface area (Å²) in [6.45, 7) is 5.27. The number of benzene rings is 3. The van der Waals surface area contributed by atoms with E-state index in [-0.39, 0.29) is 11.7 Å². The molecule has 0 saturated carbocycles. The number of carbonyl (C=O) groups excluding carboxylic acids is 1.